The fourth-order valence-electron chi connectivity index (χ4n) is 1.57. The molecule has 0 aliphatic rings. The lowest BCUT2D eigenvalue weighted by atomic mass is 10.1. The topological polar surface area (TPSA) is 41.5 Å². The third-order valence-electron chi connectivity index (χ3n) is 2.44. The van der Waals surface area contributed by atoms with Crippen LogP contribution in [-0.2, 0) is 0 Å². The van der Waals surface area contributed by atoms with Crippen LogP contribution in [0.3, 0.4) is 0 Å². The first-order valence-corrected chi connectivity index (χ1v) is 5.86. The molecular formula is C13H19F2NO2. The number of ether oxygens (including phenoxy) is 1. The predicted octanol–water partition coefficient (Wildman–Crippen LogP) is 1.90. The minimum Gasteiger partial charge on any atom is -0.491 e. The van der Waals surface area contributed by atoms with Crippen LogP contribution in [0.2, 0.25) is 0 Å². The molecule has 1 rings (SSSR count). The molecule has 1 aromatic rings. The second-order valence-electron chi connectivity index (χ2n) is 4.28. The molecule has 18 heavy (non-hydrogen) atoms. The predicted molar refractivity (Wildman–Crippen MR) is 66.3 cm³/mol. The van der Waals surface area contributed by atoms with Crippen molar-refractivity contribution in [3.05, 3.63) is 29.3 Å². The Kier molecular flexibility index (Phi) is 6.01. The summed E-state index contributed by atoms with van der Waals surface area (Å²) in [5.41, 5.74) is 2.13. The van der Waals surface area contributed by atoms with Gasteiger partial charge in [0.25, 0.3) is 6.43 Å². The minimum atomic E-state index is -2.41. The van der Waals surface area contributed by atoms with Crippen molar-refractivity contribution in [3.8, 4) is 5.75 Å². The fourth-order valence-corrected chi connectivity index (χ4v) is 1.57. The van der Waals surface area contributed by atoms with Gasteiger partial charge in [-0.1, -0.05) is 17.7 Å². The molecule has 0 aliphatic carbocycles. The molecule has 102 valence electrons. The normalized spacial score (nSPS) is 12.8. The van der Waals surface area contributed by atoms with E-state index in [1.165, 1.54) is 0 Å². The Hall–Kier alpha value is -1.20. The quantitative estimate of drug-likeness (QED) is 0.786. The second-order valence-corrected chi connectivity index (χ2v) is 4.28. The fraction of sp³-hybridized carbons (Fsp3) is 0.538. The van der Waals surface area contributed by atoms with Gasteiger partial charge in [-0.3, -0.25) is 0 Å². The number of aliphatic hydroxyl groups is 1. The highest BCUT2D eigenvalue weighted by molar-refractivity contribution is 5.35. The maximum Gasteiger partial charge on any atom is 0.250 e. The Morgan fingerprint density at radius 3 is 2.61 bits per heavy atom. The standard InChI is InChI=1S/C13H19F2NO2/c1-9-3-4-12(10(2)5-9)18-8-11(17)6-16-7-13(14)15/h3-5,11,13,16-17H,6-8H2,1-2H3. The molecule has 1 unspecified atom stereocenters. The van der Waals surface area contributed by atoms with Crippen molar-refractivity contribution in [3.63, 3.8) is 0 Å². The van der Waals surface area contributed by atoms with Crippen molar-refractivity contribution in [2.24, 2.45) is 0 Å². The van der Waals surface area contributed by atoms with Gasteiger partial charge >= 0.3 is 0 Å². The Morgan fingerprint density at radius 1 is 1.28 bits per heavy atom. The van der Waals surface area contributed by atoms with Crippen LogP contribution in [-0.4, -0.2) is 37.3 Å². The summed E-state index contributed by atoms with van der Waals surface area (Å²) >= 11 is 0. The molecule has 0 heterocycles. The molecule has 0 saturated carbocycles. The molecule has 0 amide bonds. The Labute approximate surface area is 106 Å². The van der Waals surface area contributed by atoms with Crippen LogP contribution in [0.5, 0.6) is 5.75 Å². The summed E-state index contributed by atoms with van der Waals surface area (Å²) < 4.78 is 29.1. The molecule has 5 heteroatoms. The van der Waals surface area contributed by atoms with Crippen molar-refractivity contribution >= 4 is 0 Å². The molecule has 0 spiro atoms. The summed E-state index contributed by atoms with van der Waals surface area (Å²) in [6.45, 7) is 3.67. The zero-order chi connectivity index (χ0) is 13.5. The lowest BCUT2D eigenvalue weighted by Crippen LogP contribution is -2.34. The number of aliphatic hydroxyl groups excluding tert-OH is 1. The summed E-state index contributed by atoms with van der Waals surface area (Å²) in [7, 11) is 0. The number of benzene rings is 1. The summed E-state index contributed by atoms with van der Waals surface area (Å²) in [4.78, 5) is 0. The van der Waals surface area contributed by atoms with E-state index < -0.39 is 19.1 Å². The van der Waals surface area contributed by atoms with Gasteiger partial charge in [0.05, 0.1) is 6.54 Å². The number of nitrogens with one attached hydrogen (secondary N) is 1. The third-order valence-corrected chi connectivity index (χ3v) is 2.44. The van der Waals surface area contributed by atoms with Gasteiger partial charge in [-0.05, 0) is 25.5 Å². The smallest absolute Gasteiger partial charge is 0.250 e. The van der Waals surface area contributed by atoms with Crippen molar-refractivity contribution in [1.82, 2.24) is 5.32 Å². The van der Waals surface area contributed by atoms with E-state index in [9.17, 15) is 13.9 Å². The Balaban J connectivity index is 2.31. The van der Waals surface area contributed by atoms with Crippen molar-refractivity contribution in [2.75, 3.05) is 19.7 Å². The van der Waals surface area contributed by atoms with E-state index in [0.717, 1.165) is 11.1 Å². The highest BCUT2D eigenvalue weighted by atomic mass is 19.3. The summed E-state index contributed by atoms with van der Waals surface area (Å²) in [6.07, 6.45) is -3.21. The molecule has 1 atom stereocenters. The first-order valence-electron chi connectivity index (χ1n) is 5.86. The van der Waals surface area contributed by atoms with Gasteiger partial charge in [-0.15, -0.1) is 0 Å². The molecule has 2 N–H and O–H groups in total. The van der Waals surface area contributed by atoms with Crippen LogP contribution in [0, 0.1) is 13.8 Å². The third kappa shape index (κ3) is 5.42. The first-order chi connectivity index (χ1) is 8.49. The molecule has 0 saturated heterocycles. The molecular weight excluding hydrogens is 240 g/mol. The van der Waals surface area contributed by atoms with Gasteiger partial charge in [-0.25, -0.2) is 8.78 Å². The van der Waals surface area contributed by atoms with Gasteiger partial charge in [0, 0.05) is 6.54 Å². The van der Waals surface area contributed by atoms with Crippen molar-refractivity contribution < 1.29 is 18.6 Å². The molecule has 0 radical (unpaired) electrons. The second kappa shape index (κ2) is 7.28. The number of alkyl halides is 2. The zero-order valence-electron chi connectivity index (χ0n) is 10.6. The Morgan fingerprint density at radius 2 is 2.00 bits per heavy atom. The van der Waals surface area contributed by atoms with Crippen LogP contribution in [0.4, 0.5) is 8.78 Å². The minimum absolute atomic E-state index is 0.0835. The largest absolute Gasteiger partial charge is 0.491 e. The van der Waals surface area contributed by atoms with Crippen LogP contribution >= 0.6 is 0 Å². The van der Waals surface area contributed by atoms with Crippen LogP contribution < -0.4 is 10.1 Å². The van der Waals surface area contributed by atoms with Gasteiger partial charge in [0.1, 0.15) is 18.5 Å². The molecule has 0 bridgehead atoms. The number of hydrogen-bond donors (Lipinski definition) is 2. The summed E-state index contributed by atoms with van der Waals surface area (Å²) in [5, 5.41) is 12.0. The molecule has 0 aromatic heterocycles. The van der Waals surface area contributed by atoms with E-state index >= 15 is 0 Å². The number of aryl methyl sites for hydroxylation is 2. The van der Waals surface area contributed by atoms with Gasteiger partial charge in [0.2, 0.25) is 0 Å². The van der Waals surface area contributed by atoms with Gasteiger partial charge in [0.15, 0.2) is 0 Å². The van der Waals surface area contributed by atoms with Crippen LogP contribution in [0.25, 0.3) is 0 Å². The lowest BCUT2D eigenvalue weighted by molar-refractivity contribution is 0.0949. The van der Waals surface area contributed by atoms with E-state index in [1.807, 2.05) is 32.0 Å². The van der Waals surface area contributed by atoms with E-state index in [2.05, 4.69) is 5.32 Å². The zero-order valence-corrected chi connectivity index (χ0v) is 10.6. The highest BCUT2D eigenvalue weighted by Crippen LogP contribution is 2.18. The van der Waals surface area contributed by atoms with Crippen LogP contribution in [0.1, 0.15) is 11.1 Å². The summed E-state index contributed by atoms with van der Waals surface area (Å²) in [5.74, 6) is 0.702. The van der Waals surface area contributed by atoms with E-state index in [-0.39, 0.29) is 13.2 Å². The summed E-state index contributed by atoms with van der Waals surface area (Å²) in [6, 6.07) is 5.74. The van der Waals surface area contributed by atoms with E-state index in [0.29, 0.717) is 5.75 Å². The maximum atomic E-state index is 11.9. The van der Waals surface area contributed by atoms with Crippen LogP contribution in [0.15, 0.2) is 18.2 Å². The molecule has 1 aromatic carbocycles. The van der Waals surface area contributed by atoms with Crippen molar-refractivity contribution in [2.45, 2.75) is 26.4 Å². The average Bonchev–Trinajstić information content (AvgIpc) is 2.27. The van der Waals surface area contributed by atoms with E-state index in [4.69, 9.17) is 4.74 Å². The number of hydrogen-bond acceptors (Lipinski definition) is 3. The highest BCUT2D eigenvalue weighted by Gasteiger charge is 2.08. The molecule has 3 nitrogen and oxygen atoms in total. The van der Waals surface area contributed by atoms with Gasteiger partial charge < -0.3 is 15.2 Å². The van der Waals surface area contributed by atoms with E-state index in [1.54, 1.807) is 0 Å². The lowest BCUT2D eigenvalue weighted by Gasteiger charge is -2.14. The Bertz CT molecular complexity index is 372. The van der Waals surface area contributed by atoms with Gasteiger partial charge in [-0.2, -0.15) is 0 Å². The maximum absolute atomic E-state index is 11.9. The average molecular weight is 259 g/mol. The monoisotopic (exact) mass is 259 g/mol. The van der Waals surface area contributed by atoms with Crippen molar-refractivity contribution in [1.29, 1.82) is 0 Å². The first kappa shape index (κ1) is 14.9. The number of halogens is 2. The SMILES string of the molecule is Cc1ccc(OCC(O)CNCC(F)F)c(C)c1. The number of rotatable bonds is 7. The molecule has 0 fully saturated rings. The molecule has 0 aliphatic heterocycles.